The molecule has 1 aliphatic rings. The number of nitrogens with one attached hydrogen (secondary N) is 3. The van der Waals surface area contributed by atoms with Gasteiger partial charge in [-0.15, -0.1) is 0 Å². The van der Waals surface area contributed by atoms with Crippen LogP contribution in [0.25, 0.3) is 22.0 Å². The molecule has 0 unspecified atom stereocenters. The van der Waals surface area contributed by atoms with Gasteiger partial charge in [0.1, 0.15) is 18.2 Å². The van der Waals surface area contributed by atoms with Gasteiger partial charge in [-0.25, -0.2) is 8.78 Å². The maximum absolute atomic E-state index is 16.1. The summed E-state index contributed by atoms with van der Waals surface area (Å²) in [5.74, 6) is -2.70. The number of H-pyrrole nitrogens is 1. The molecule has 2 aromatic carbocycles. The molecule has 3 aromatic rings. The lowest BCUT2D eigenvalue weighted by Gasteiger charge is -2.35. The van der Waals surface area contributed by atoms with Crippen LogP contribution in [0.4, 0.5) is 27.6 Å². The van der Waals surface area contributed by atoms with E-state index in [1.54, 1.807) is 37.5 Å². The maximum Gasteiger partial charge on any atom is 0.405 e. The van der Waals surface area contributed by atoms with Gasteiger partial charge < -0.3 is 20.5 Å². The van der Waals surface area contributed by atoms with E-state index in [2.05, 4.69) is 15.5 Å². The highest BCUT2D eigenvalue weighted by molar-refractivity contribution is 6.09. The minimum Gasteiger partial charge on any atom is -0.379 e. The Hall–Kier alpha value is -3.63. The minimum absolute atomic E-state index is 0.0393. The van der Waals surface area contributed by atoms with Gasteiger partial charge in [-0.3, -0.25) is 4.79 Å². The molecule has 1 aliphatic heterocycles. The van der Waals surface area contributed by atoms with E-state index in [1.165, 1.54) is 19.9 Å². The number of aryl methyl sites for hydroxylation is 1. The number of para-hydroxylation sites is 1. The second-order valence-corrected chi connectivity index (χ2v) is 10.3. The second kappa shape index (κ2) is 9.04. The molecule has 0 radical (unpaired) electrons. The normalized spacial score (nSPS) is 16.4. The van der Waals surface area contributed by atoms with Crippen molar-refractivity contribution in [1.82, 2.24) is 10.3 Å². The van der Waals surface area contributed by atoms with Gasteiger partial charge in [-0.05, 0) is 46.2 Å². The molecule has 0 aliphatic carbocycles. The smallest absolute Gasteiger partial charge is 0.379 e. The lowest BCUT2D eigenvalue weighted by atomic mass is 9.85. The number of aromatic nitrogens is 1. The number of carbonyl (C=O) groups is 1. The van der Waals surface area contributed by atoms with Crippen LogP contribution in [-0.4, -0.2) is 40.5 Å². The molecule has 0 saturated carbocycles. The predicted octanol–water partition coefficient (Wildman–Crippen LogP) is 6.19. The molecule has 3 N–H and O–H groups in total. The van der Waals surface area contributed by atoms with Crippen LogP contribution in [0.1, 0.15) is 45.2 Å². The van der Waals surface area contributed by atoms with Gasteiger partial charge in [0, 0.05) is 34.8 Å². The molecule has 198 valence electrons. The summed E-state index contributed by atoms with van der Waals surface area (Å²) in [6, 6.07) is 6.34. The Kier molecular flexibility index (Phi) is 6.46. The highest BCUT2D eigenvalue weighted by atomic mass is 19.4. The van der Waals surface area contributed by atoms with Crippen molar-refractivity contribution >= 4 is 28.2 Å². The van der Waals surface area contributed by atoms with E-state index in [-0.39, 0.29) is 28.9 Å². The van der Waals surface area contributed by atoms with Crippen molar-refractivity contribution < 1.29 is 31.6 Å². The average molecular weight is 523 g/mol. The minimum atomic E-state index is -4.60. The van der Waals surface area contributed by atoms with Gasteiger partial charge in [0.15, 0.2) is 0 Å². The fraction of sp³-hybridized carbons (Fsp3) is 0.385. The third-order valence-corrected chi connectivity index (χ3v) is 6.16. The van der Waals surface area contributed by atoms with Gasteiger partial charge in [0.05, 0.1) is 22.4 Å². The summed E-state index contributed by atoms with van der Waals surface area (Å²) in [5.41, 5.74) is -0.740. The molecular formula is C26H27F5N4O2. The summed E-state index contributed by atoms with van der Waals surface area (Å²) in [7, 11) is 0. The zero-order valence-electron chi connectivity index (χ0n) is 21.0. The van der Waals surface area contributed by atoms with Crippen LogP contribution < -0.4 is 10.6 Å². The molecule has 0 saturated heterocycles. The Bertz CT molecular complexity index is 1410. The van der Waals surface area contributed by atoms with Crippen molar-refractivity contribution in [3.63, 3.8) is 0 Å². The Morgan fingerprint density at radius 2 is 1.89 bits per heavy atom. The van der Waals surface area contributed by atoms with E-state index in [4.69, 9.17) is 4.84 Å². The first-order chi connectivity index (χ1) is 17.1. The number of alkyl halides is 3. The zero-order valence-corrected chi connectivity index (χ0v) is 21.0. The van der Waals surface area contributed by atoms with Crippen LogP contribution in [-0.2, 0) is 9.63 Å². The number of anilines is 1. The molecular weight excluding hydrogens is 495 g/mol. The summed E-state index contributed by atoms with van der Waals surface area (Å²) >= 11 is 0. The van der Waals surface area contributed by atoms with Crippen LogP contribution in [0.2, 0.25) is 0 Å². The number of rotatable bonds is 5. The lowest BCUT2D eigenvalue weighted by Crippen LogP contribution is -2.47. The highest BCUT2D eigenvalue weighted by Gasteiger charge is 2.37. The lowest BCUT2D eigenvalue weighted by molar-refractivity contribution is -0.153. The molecule has 1 amide bonds. The first-order valence-corrected chi connectivity index (χ1v) is 11.6. The number of oxime groups is 1. The third kappa shape index (κ3) is 5.26. The van der Waals surface area contributed by atoms with Crippen molar-refractivity contribution in [1.29, 1.82) is 0 Å². The number of carbonyl (C=O) groups excluding carboxylic acids is 1. The molecule has 0 atom stereocenters. The Morgan fingerprint density at radius 3 is 2.57 bits per heavy atom. The van der Waals surface area contributed by atoms with Crippen molar-refractivity contribution in [2.75, 3.05) is 11.9 Å². The quantitative estimate of drug-likeness (QED) is 0.276. The summed E-state index contributed by atoms with van der Waals surface area (Å²) < 4.78 is 69.1. The summed E-state index contributed by atoms with van der Waals surface area (Å²) in [4.78, 5) is 20.7. The number of nitrogens with zero attached hydrogens (tertiary/aromatic N) is 1. The molecule has 6 nitrogen and oxygen atoms in total. The first-order valence-electron chi connectivity index (χ1n) is 11.6. The fourth-order valence-corrected chi connectivity index (χ4v) is 4.35. The van der Waals surface area contributed by atoms with E-state index in [1.807, 2.05) is 13.0 Å². The fourth-order valence-electron chi connectivity index (χ4n) is 4.35. The molecule has 0 fully saturated rings. The van der Waals surface area contributed by atoms with E-state index < -0.39 is 41.4 Å². The molecule has 0 bridgehead atoms. The molecule has 0 spiro atoms. The van der Waals surface area contributed by atoms with Crippen LogP contribution in [0.5, 0.6) is 0 Å². The van der Waals surface area contributed by atoms with Gasteiger partial charge >= 0.3 is 6.18 Å². The van der Waals surface area contributed by atoms with E-state index in [0.29, 0.717) is 11.1 Å². The Labute approximate surface area is 210 Å². The van der Waals surface area contributed by atoms with Crippen LogP contribution in [0, 0.1) is 18.6 Å². The van der Waals surface area contributed by atoms with Crippen molar-refractivity contribution in [3.8, 4) is 11.1 Å². The van der Waals surface area contributed by atoms with Crippen LogP contribution in [0.15, 0.2) is 35.6 Å². The van der Waals surface area contributed by atoms with E-state index >= 15 is 8.78 Å². The average Bonchev–Trinajstić information content (AvgIpc) is 3.16. The molecule has 2 heterocycles. The summed E-state index contributed by atoms with van der Waals surface area (Å²) in [5, 5.41) is 9.68. The number of halogens is 5. The van der Waals surface area contributed by atoms with Crippen molar-refractivity contribution in [2.24, 2.45) is 5.16 Å². The molecule has 4 rings (SSSR count). The number of hydrogen-bond acceptors (Lipinski definition) is 4. The van der Waals surface area contributed by atoms with E-state index in [0.717, 1.165) is 10.9 Å². The third-order valence-electron chi connectivity index (χ3n) is 6.16. The zero-order chi connectivity index (χ0) is 27.3. The SMILES string of the molecule is Cc1c[nH]c2c(-c3c(F)cc4c(c3F)/C(=N/OC(C)(C)C(=O)NCC(F)(F)F)CC(C)(C)N4)cccc12. The van der Waals surface area contributed by atoms with Crippen LogP contribution >= 0.6 is 0 Å². The topological polar surface area (TPSA) is 78.5 Å². The number of benzene rings is 2. The maximum atomic E-state index is 16.1. The van der Waals surface area contributed by atoms with Gasteiger partial charge in [-0.2, -0.15) is 13.2 Å². The first kappa shape index (κ1) is 26.4. The number of aromatic amines is 1. The largest absolute Gasteiger partial charge is 0.405 e. The number of fused-ring (bicyclic) bond motifs is 2. The summed E-state index contributed by atoms with van der Waals surface area (Å²) in [6.45, 7) is 6.42. The van der Waals surface area contributed by atoms with Crippen molar-refractivity contribution in [2.45, 2.75) is 58.4 Å². The Morgan fingerprint density at radius 1 is 1.19 bits per heavy atom. The number of amides is 1. The van der Waals surface area contributed by atoms with E-state index in [9.17, 15) is 18.0 Å². The van der Waals surface area contributed by atoms with Crippen molar-refractivity contribution in [3.05, 3.63) is 53.2 Å². The second-order valence-electron chi connectivity index (χ2n) is 10.3. The Balaban J connectivity index is 1.78. The molecule has 37 heavy (non-hydrogen) atoms. The van der Waals surface area contributed by atoms with Gasteiger partial charge in [0.2, 0.25) is 5.60 Å². The van der Waals surface area contributed by atoms with Gasteiger partial charge in [0.25, 0.3) is 5.91 Å². The molecule has 1 aromatic heterocycles. The summed E-state index contributed by atoms with van der Waals surface area (Å²) in [6.07, 6.45) is -2.72. The monoisotopic (exact) mass is 522 g/mol. The number of hydrogen-bond donors (Lipinski definition) is 3. The highest BCUT2D eigenvalue weighted by Crippen LogP contribution is 2.41. The van der Waals surface area contributed by atoms with Crippen LogP contribution in [0.3, 0.4) is 0 Å². The predicted molar refractivity (Wildman–Crippen MR) is 131 cm³/mol. The van der Waals surface area contributed by atoms with Gasteiger partial charge in [-0.1, -0.05) is 23.4 Å². The molecule has 11 heteroatoms. The standard InChI is InChI=1S/C26H27F5N4O2/c1-13-11-32-22-14(13)7-6-8-15(22)19-16(27)9-17-20(21(19)28)18(10-24(2,3)34-17)35-37-25(4,5)23(36)33-12-26(29,30)31/h6-9,11,32,34H,10,12H2,1-5H3,(H,33,36)/b35-18+.